The van der Waals surface area contributed by atoms with Crippen molar-refractivity contribution in [1.82, 2.24) is 0 Å². The number of rotatable bonds is 0. The Morgan fingerprint density at radius 3 is 2.38 bits per heavy atom. The standard InChI is InChI=1S/C11H20O2/c1-9-8-12-10-6-4-2-3-5-7-11(10)13-9/h9-11H,2-8H2,1H3. The largest absolute Gasteiger partial charge is 0.373 e. The van der Waals surface area contributed by atoms with Gasteiger partial charge in [0, 0.05) is 0 Å². The topological polar surface area (TPSA) is 18.5 Å². The molecular weight excluding hydrogens is 164 g/mol. The van der Waals surface area contributed by atoms with Crippen LogP contribution in [0.3, 0.4) is 0 Å². The lowest BCUT2D eigenvalue weighted by molar-refractivity contribution is -0.180. The minimum Gasteiger partial charge on any atom is -0.373 e. The van der Waals surface area contributed by atoms with Crippen LogP contribution in [-0.2, 0) is 9.47 Å². The smallest absolute Gasteiger partial charge is 0.0841 e. The molecule has 2 fully saturated rings. The second-order valence-corrected chi connectivity index (χ2v) is 4.35. The van der Waals surface area contributed by atoms with Gasteiger partial charge in [0.2, 0.25) is 0 Å². The maximum atomic E-state index is 5.90. The maximum absolute atomic E-state index is 5.90. The molecular formula is C11H20O2. The Morgan fingerprint density at radius 2 is 1.62 bits per heavy atom. The van der Waals surface area contributed by atoms with E-state index in [1.165, 1.54) is 38.5 Å². The zero-order chi connectivity index (χ0) is 9.10. The van der Waals surface area contributed by atoms with Gasteiger partial charge in [-0.05, 0) is 19.8 Å². The quantitative estimate of drug-likeness (QED) is 0.576. The van der Waals surface area contributed by atoms with Crippen molar-refractivity contribution in [2.45, 2.75) is 63.8 Å². The zero-order valence-electron chi connectivity index (χ0n) is 8.50. The molecule has 3 unspecified atom stereocenters. The van der Waals surface area contributed by atoms with Crippen LogP contribution in [0.25, 0.3) is 0 Å². The Hall–Kier alpha value is -0.0800. The van der Waals surface area contributed by atoms with Crippen molar-refractivity contribution in [2.75, 3.05) is 6.61 Å². The van der Waals surface area contributed by atoms with Gasteiger partial charge in [0.1, 0.15) is 0 Å². The first kappa shape index (κ1) is 9.47. The van der Waals surface area contributed by atoms with E-state index in [4.69, 9.17) is 9.47 Å². The van der Waals surface area contributed by atoms with Crippen molar-refractivity contribution >= 4 is 0 Å². The molecule has 1 aliphatic heterocycles. The summed E-state index contributed by atoms with van der Waals surface area (Å²) in [5.74, 6) is 0. The number of ether oxygens (including phenoxy) is 2. The molecule has 0 spiro atoms. The highest BCUT2D eigenvalue weighted by molar-refractivity contribution is 4.78. The Balaban J connectivity index is 1.91. The van der Waals surface area contributed by atoms with E-state index in [9.17, 15) is 0 Å². The molecule has 0 aromatic rings. The maximum Gasteiger partial charge on any atom is 0.0841 e. The molecule has 2 heteroatoms. The fourth-order valence-corrected chi connectivity index (χ4v) is 2.36. The van der Waals surface area contributed by atoms with Crippen molar-refractivity contribution in [3.05, 3.63) is 0 Å². The van der Waals surface area contributed by atoms with Gasteiger partial charge in [-0.25, -0.2) is 0 Å². The summed E-state index contributed by atoms with van der Waals surface area (Å²) in [6, 6.07) is 0. The van der Waals surface area contributed by atoms with Crippen molar-refractivity contribution in [1.29, 1.82) is 0 Å². The lowest BCUT2D eigenvalue weighted by atomic mass is 9.95. The van der Waals surface area contributed by atoms with Crippen molar-refractivity contribution in [2.24, 2.45) is 0 Å². The van der Waals surface area contributed by atoms with Gasteiger partial charge in [-0.1, -0.05) is 25.7 Å². The SMILES string of the molecule is CC1COC2CCCCCCC2O1. The summed E-state index contributed by atoms with van der Waals surface area (Å²) in [7, 11) is 0. The summed E-state index contributed by atoms with van der Waals surface area (Å²) in [4.78, 5) is 0. The molecule has 13 heavy (non-hydrogen) atoms. The third-order valence-electron chi connectivity index (χ3n) is 3.09. The van der Waals surface area contributed by atoms with Gasteiger partial charge in [-0.3, -0.25) is 0 Å². The van der Waals surface area contributed by atoms with Crippen molar-refractivity contribution < 1.29 is 9.47 Å². The first-order chi connectivity index (χ1) is 6.36. The minimum absolute atomic E-state index is 0.306. The number of hydrogen-bond acceptors (Lipinski definition) is 2. The first-order valence-corrected chi connectivity index (χ1v) is 5.63. The van der Waals surface area contributed by atoms with Crippen LogP contribution >= 0.6 is 0 Å². The minimum atomic E-state index is 0.306. The molecule has 0 radical (unpaired) electrons. The number of hydrogen-bond donors (Lipinski definition) is 0. The second-order valence-electron chi connectivity index (χ2n) is 4.35. The predicted molar refractivity (Wildman–Crippen MR) is 51.8 cm³/mol. The average molecular weight is 184 g/mol. The molecule has 76 valence electrons. The highest BCUT2D eigenvalue weighted by Gasteiger charge is 2.30. The molecule has 0 bridgehead atoms. The molecule has 0 aromatic heterocycles. The van der Waals surface area contributed by atoms with Gasteiger partial charge in [-0.15, -0.1) is 0 Å². The fraction of sp³-hybridized carbons (Fsp3) is 1.00. The molecule has 0 aromatic carbocycles. The summed E-state index contributed by atoms with van der Waals surface area (Å²) in [6.45, 7) is 2.90. The van der Waals surface area contributed by atoms with Crippen LogP contribution in [-0.4, -0.2) is 24.9 Å². The highest BCUT2D eigenvalue weighted by atomic mass is 16.6. The monoisotopic (exact) mass is 184 g/mol. The Labute approximate surface area is 80.6 Å². The molecule has 0 amide bonds. The van der Waals surface area contributed by atoms with Crippen LogP contribution in [0.15, 0.2) is 0 Å². The van der Waals surface area contributed by atoms with E-state index in [0.717, 1.165) is 6.61 Å². The molecule has 1 saturated carbocycles. The van der Waals surface area contributed by atoms with E-state index in [1.807, 2.05) is 0 Å². The summed E-state index contributed by atoms with van der Waals surface area (Å²) in [5.41, 5.74) is 0. The summed E-state index contributed by atoms with van der Waals surface area (Å²) >= 11 is 0. The molecule has 2 rings (SSSR count). The second kappa shape index (κ2) is 4.43. The summed E-state index contributed by atoms with van der Waals surface area (Å²) in [6.07, 6.45) is 8.90. The lowest BCUT2D eigenvalue weighted by Gasteiger charge is -2.36. The third kappa shape index (κ3) is 2.44. The molecule has 1 heterocycles. The van der Waals surface area contributed by atoms with E-state index in [2.05, 4.69) is 6.92 Å². The van der Waals surface area contributed by atoms with Crippen LogP contribution in [0.5, 0.6) is 0 Å². The van der Waals surface area contributed by atoms with E-state index in [-0.39, 0.29) is 0 Å². The lowest BCUT2D eigenvalue weighted by Crippen LogP contribution is -2.42. The van der Waals surface area contributed by atoms with Gasteiger partial charge in [0.15, 0.2) is 0 Å². The third-order valence-corrected chi connectivity index (χ3v) is 3.09. The predicted octanol–water partition coefficient (Wildman–Crippen LogP) is 2.51. The van der Waals surface area contributed by atoms with Gasteiger partial charge < -0.3 is 9.47 Å². The molecule has 2 aliphatic rings. The van der Waals surface area contributed by atoms with Crippen LogP contribution in [0.1, 0.15) is 45.4 Å². The van der Waals surface area contributed by atoms with Crippen LogP contribution < -0.4 is 0 Å². The van der Waals surface area contributed by atoms with Crippen molar-refractivity contribution in [3.8, 4) is 0 Å². The summed E-state index contributed by atoms with van der Waals surface area (Å²) < 4.78 is 11.7. The number of fused-ring (bicyclic) bond motifs is 1. The Kier molecular flexibility index (Phi) is 3.23. The van der Waals surface area contributed by atoms with Gasteiger partial charge in [-0.2, -0.15) is 0 Å². The van der Waals surface area contributed by atoms with E-state index >= 15 is 0 Å². The normalized spacial score (nSPS) is 41.8. The summed E-state index contributed by atoms with van der Waals surface area (Å²) in [5, 5.41) is 0. The van der Waals surface area contributed by atoms with Gasteiger partial charge in [0.05, 0.1) is 24.9 Å². The van der Waals surface area contributed by atoms with Crippen LogP contribution in [0.4, 0.5) is 0 Å². The van der Waals surface area contributed by atoms with Crippen LogP contribution in [0, 0.1) is 0 Å². The molecule has 3 atom stereocenters. The fourth-order valence-electron chi connectivity index (χ4n) is 2.36. The molecule has 1 aliphatic carbocycles. The van der Waals surface area contributed by atoms with E-state index in [1.54, 1.807) is 0 Å². The first-order valence-electron chi connectivity index (χ1n) is 5.63. The highest BCUT2D eigenvalue weighted by Crippen LogP contribution is 2.26. The Morgan fingerprint density at radius 1 is 0.923 bits per heavy atom. The van der Waals surface area contributed by atoms with Crippen molar-refractivity contribution in [3.63, 3.8) is 0 Å². The van der Waals surface area contributed by atoms with E-state index < -0.39 is 0 Å². The van der Waals surface area contributed by atoms with E-state index in [0.29, 0.717) is 18.3 Å². The molecule has 1 saturated heterocycles. The van der Waals surface area contributed by atoms with Crippen LogP contribution in [0.2, 0.25) is 0 Å². The average Bonchev–Trinajstić information content (AvgIpc) is 2.08. The molecule has 2 nitrogen and oxygen atoms in total. The molecule has 0 N–H and O–H groups in total. The van der Waals surface area contributed by atoms with Gasteiger partial charge in [0.25, 0.3) is 0 Å². The zero-order valence-corrected chi connectivity index (χ0v) is 8.50. The van der Waals surface area contributed by atoms with Gasteiger partial charge >= 0.3 is 0 Å². The Bertz CT molecular complexity index is 156.